The molecule has 1 amide bonds. The van der Waals surface area contributed by atoms with E-state index in [9.17, 15) is 4.79 Å². The maximum Gasteiger partial charge on any atom is 0.226 e. The maximum atomic E-state index is 11.7. The second-order valence-electron chi connectivity index (χ2n) is 3.83. The quantitative estimate of drug-likeness (QED) is 0.901. The van der Waals surface area contributed by atoms with E-state index >= 15 is 0 Å². The molecule has 0 aliphatic carbocycles. The summed E-state index contributed by atoms with van der Waals surface area (Å²) in [7, 11) is 0. The number of amides is 1. The molecule has 4 heteroatoms. The molecule has 0 spiro atoms. The summed E-state index contributed by atoms with van der Waals surface area (Å²) in [4.78, 5) is 15.8. The predicted molar refractivity (Wildman–Crippen MR) is 70.2 cm³/mol. The molecule has 1 heterocycles. The highest BCUT2D eigenvalue weighted by Crippen LogP contribution is 2.14. The van der Waals surface area contributed by atoms with Crippen LogP contribution in [0.2, 0.25) is 0 Å². The number of benzene rings is 1. The fraction of sp³-hybridized carbons (Fsp3) is 0.231. The Morgan fingerprint density at radius 3 is 2.76 bits per heavy atom. The first kappa shape index (κ1) is 11.8. The number of carbonyl (C=O) groups is 1. The highest BCUT2D eigenvalue weighted by Gasteiger charge is 2.05. The summed E-state index contributed by atoms with van der Waals surface area (Å²) in [5, 5.41) is 5.41. The minimum atomic E-state index is 0.0169. The Labute approximate surface area is 105 Å². The van der Waals surface area contributed by atoms with Gasteiger partial charge in [0.2, 0.25) is 5.91 Å². The summed E-state index contributed by atoms with van der Waals surface area (Å²) < 4.78 is 0. The Balaban J connectivity index is 1.82. The number of aryl methyl sites for hydroxylation is 2. The summed E-state index contributed by atoms with van der Waals surface area (Å²) in [5.41, 5.74) is 2.12. The molecule has 3 nitrogen and oxygen atoms in total. The molecule has 0 atom stereocenters. The van der Waals surface area contributed by atoms with Crippen molar-refractivity contribution in [3.8, 4) is 0 Å². The topological polar surface area (TPSA) is 42.0 Å². The summed E-state index contributed by atoms with van der Waals surface area (Å²) >= 11 is 1.46. The smallest absolute Gasteiger partial charge is 0.226 e. The first-order valence-electron chi connectivity index (χ1n) is 5.50. The van der Waals surface area contributed by atoms with Gasteiger partial charge in [0.1, 0.15) is 0 Å². The van der Waals surface area contributed by atoms with Crippen LogP contribution in [0.4, 0.5) is 5.13 Å². The standard InChI is InChI=1S/C13H14N2OS/c1-10-9-17-13(14-10)15-12(16)8-7-11-5-3-2-4-6-11/h2-6,9H,7-8H2,1H3,(H,14,15,16). The van der Waals surface area contributed by atoms with Crippen molar-refractivity contribution < 1.29 is 4.79 Å². The molecule has 0 unspecified atom stereocenters. The largest absolute Gasteiger partial charge is 0.302 e. The van der Waals surface area contributed by atoms with E-state index in [1.165, 1.54) is 16.9 Å². The van der Waals surface area contributed by atoms with Crippen LogP contribution >= 0.6 is 11.3 Å². The van der Waals surface area contributed by atoms with Gasteiger partial charge in [-0.25, -0.2) is 4.98 Å². The number of hydrogen-bond acceptors (Lipinski definition) is 3. The molecule has 0 saturated heterocycles. The molecule has 88 valence electrons. The first-order valence-corrected chi connectivity index (χ1v) is 6.38. The molecule has 0 bridgehead atoms. The van der Waals surface area contributed by atoms with Crippen LogP contribution in [0.3, 0.4) is 0 Å². The zero-order valence-corrected chi connectivity index (χ0v) is 10.5. The van der Waals surface area contributed by atoms with Crippen LogP contribution in [0.1, 0.15) is 17.7 Å². The van der Waals surface area contributed by atoms with Crippen LogP contribution in [0.25, 0.3) is 0 Å². The second kappa shape index (κ2) is 5.59. The van der Waals surface area contributed by atoms with Gasteiger partial charge in [-0.1, -0.05) is 30.3 Å². The highest BCUT2D eigenvalue weighted by molar-refractivity contribution is 7.13. The van der Waals surface area contributed by atoms with E-state index < -0.39 is 0 Å². The van der Waals surface area contributed by atoms with Crippen molar-refractivity contribution in [3.63, 3.8) is 0 Å². The third-order valence-corrected chi connectivity index (χ3v) is 3.22. The molecule has 0 aliphatic rings. The van der Waals surface area contributed by atoms with Crippen LogP contribution in [-0.2, 0) is 11.2 Å². The molecule has 2 aromatic rings. The van der Waals surface area contributed by atoms with E-state index in [0.29, 0.717) is 11.6 Å². The summed E-state index contributed by atoms with van der Waals surface area (Å²) in [6.07, 6.45) is 1.25. The lowest BCUT2D eigenvalue weighted by Crippen LogP contribution is -2.12. The number of hydrogen-bond donors (Lipinski definition) is 1. The zero-order chi connectivity index (χ0) is 12.1. The van der Waals surface area contributed by atoms with Gasteiger partial charge in [0.05, 0.1) is 5.69 Å². The molecule has 1 aromatic heterocycles. The molecule has 1 aromatic carbocycles. The van der Waals surface area contributed by atoms with Gasteiger partial charge in [0.15, 0.2) is 5.13 Å². The Morgan fingerprint density at radius 1 is 1.35 bits per heavy atom. The van der Waals surface area contributed by atoms with Crippen molar-refractivity contribution in [2.24, 2.45) is 0 Å². The molecule has 0 saturated carbocycles. The number of anilines is 1. The number of aromatic nitrogens is 1. The van der Waals surface area contributed by atoms with Gasteiger partial charge >= 0.3 is 0 Å². The number of carbonyl (C=O) groups excluding carboxylic acids is 1. The summed E-state index contributed by atoms with van der Waals surface area (Å²) in [6.45, 7) is 1.91. The van der Waals surface area contributed by atoms with Gasteiger partial charge in [-0.05, 0) is 18.9 Å². The minimum Gasteiger partial charge on any atom is -0.302 e. The lowest BCUT2D eigenvalue weighted by atomic mass is 10.1. The van der Waals surface area contributed by atoms with E-state index in [4.69, 9.17) is 0 Å². The van der Waals surface area contributed by atoms with Crippen molar-refractivity contribution in [1.82, 2.24) is 4.98 Å². The molecule has 1 N–H and O–H groups in total. The minimum absolute atomic E-state index is 0.0169. The molecule has 0 aliphatic heterocycles. The predicted octanol–water partition coefficient (Wildman–Crippen LogP) is 3.02. The van der Waals surface area contributed by atoms with Crippen LogP contribution < -0.4 is 5.32 Å². The molecular weight excluding hydrogens is 232 g/mol. The Hall–Kier alpha value is -1.68. The fourth-order valence-electron chi connectivity index (χ4n) is 1.50. The number of rotatable bonds is 4. The van der Waals surface area contributed by atoms with E-state index in [0.717, 1.165) is 12.1 Å². The third kappa shape index (κ3) is 3.67. The van der Waals surface area contributed by atoms with Crippen molar-refractivity contribution in [1.29, 1.82) is 0 Å². The Bertz CT molecular complexity index is 493. The van der Waals surface area contributed by atoms with Gasteiger partial charge in [-0.3, -0.25) is 4.79 Å². The van der Waals surface area contributed by atoms with Crippen molar-refractivity contribution >= 4 is 22.4 Å². The summed E-state index contributed by atoms with van der Waals surface area (Å²) in [6, 6.07) is 10.00. The van der Waals surface area contributed by atoms with Gasteiger partial charge < -0.3 is 5.32 Å². The Morgan fingerprint density at radius 2 is 2.12 bits per heavy atom. The van der Waals surface area contributed by atoms with Crippen molar-refractivity contribution in [2.75, 3.05) is 5.32 Å². The number of nitrogens with zero attached hydrogens (tertiary/aromatic N) is 1. The molecule has 2 rings (SSSR count). The van der Waals surface area contributed by atoms with E-state index in [2.05, 4.69) is 10.3 Å². The average molecular weight is 246 g/mol. The van der Waals surface area contributed by atoms with Crippen LogP contribution in [0, 0.1) is 6.92 Å². The van der Waals surface area contributed by atoms with E-state index in [-0.39, 0.29) is 5.91 Å². The zero-order valence-electron chi connectivity index (χ0n) is 9.64. The Kier molecular flexibility index (Phi) is 3.88. The molecular formula is C13H14N2OS. The third-order valence-electron chi connectivity index (χ3n) is 2.35. The average Bonchev–Trinajstić information content (AvgIpc) is 2.73. The van der Waals surface area contributed by atoms with Crippen LogP contribution in [0.15, 0.2) is 35.7 Å². The highest BCUT2D eigenvalue weighted by atomic mass is 32.1. The molecule has 17 heavy (non-hydrogen) atoms. The normalized spacial score (nSPS) is 10.2. The first-order chi connectivity index (χ1) is 8.24. The number of nitrogens with one attached hydrogen (secondary N) is 1. The summed E-state index contributed by atoms with van der Waals surface area (Å²) in [5.74, 6) is 0.0169. The number of thiazole rings is 1. The van der Waals surface area contributed by atoms with Gasteiger partial charge in [0, 0.05) is 11.8 Å². The van der Waals surface area contributed by atoms with E-state index in [1.807, 2.05) is 42.6 Å². The van der Waals surface area contributed by atoms with Crippen LogP contribution in [-0.4, -0.2) is 10.9 Å². The maximum absolute atomic E-state index is 11.7. The lowest BCUT2D eigenvalue weighted by molar-refractivity contribution is -0.116. The van der Waals surface area contributed by atoms with Crippen molar-refractivity contribution in [3.05, 3.63) is 47.0 Å². The second-order valence-corrected chi connectivity index (χ2v) is 4.69. The molecule has 0 radical (unpaired) electrons. The lowest BCUT2D eigenvalue weighted by Gasteiger charge is -2.01. The van der Waals surface area contributed by atoms with Gasteiger partial charge in [-0.2, -0.15) is 0 Å². The SMILES string of the molecule is Cc1csc(NC(=O)CCc2ccccc2)n1. The van der Waals surface area contributed by atoms with Crippen molar-refractivity contribution in [2.45, 2.75) is 19.8 Å². The van der Waals surface area contributed by atoms with Gasteiger partial charge in [0.25, 0.3) is 0 Å². The van der Waals surface area contributed by atoms with Gasteiger partial charge in [-0.15, -0.1) is 11.3 Å². The van der Waals surface area contributed by atoms with E-state index in [1.54, 1.807) is 0 Å². The molecule has 0 fully saturated rings. The fourth-order valence-corrected chi connectivity index (χ4v) is 2.20. The van der Waals surface area contributed by atoms with Crippen LogP contribution in [0.5, 0.6) is 0 Å². The monoisotopic (exact) mass is 246 g/mol.